The van der Waals surface area contributed by atoms with Crippen LogP contribution in [0.4, 0.5) is 13.2 Å². The second-order valence-electron chi connectivity index (χ2n) is 3.80. The summed E-state index contributed by atoms with van der Waals surface area (Å²) >= 11 is 5.67. The van der Waals surface area contributed by atoms with E-state index in [4.69, 9.17) is 11.6 Å². The van der Waals surface area contributed by atoms with Crippen molar-refractivity contribution in [2.24, 2.45) is 7.05 Å². The topological polar surface area (TPSA) is 78.0 Å². The van der Waals surface area contributed by atoms with Crippen molar-refractivity contribution >= 4 is 21.4 Å². The number of alkyl halides is 3. The Morgan fingerprint density at radius 3 is 2.60 bits per heavy atom. The van der Waals surface area contributed by atoms with Crippen LogP contribution in [0, 0.1) is 0 Å². The minimum Gasteiger partial charge on any atom is -0.437 e. The molecule has 110 valence electrons. The van der Waals surface area contributed by atoms with E-state index in [1.54, 1.807) is 0 Å². The molecule has 0 amide bonds. The maximum absolute atomic E-state index is 12.8. The van der Waals surface area contributed by atoms with Gasteiger partial charge in [0.05, 0.1) is 11.9 Å². The van der Waals surface area contributed by atoms with Gasteiger partial charge in [0.2, 0.25) is 9.84 Å². The van der Waals surface area contributed by atoms with Crippen LogP contribution < -0.4 is 0 Å². The van der Waals surface area contributed by atoms with Crippen molar-refractivity contribution in [2.45, 2.75) is 17.2 Å². The van der Waals surface area contributed by atoms with Crippen LogP contribution in [0.25, 0.3) is 0 Å². The zero-order valence-corrected chi connectivity index (χ0v) is 11.4. The minimum atomic E-state index is -4.81. The fourth-order valence-electron chi connectivity index (χ4n) is 1.52. The second-order valence-corrected chi connectivity index (χ2v) is 6.02. The monoisotopic (exact) mass is 329 g/mol. The third-order valence-corrected chi connectivity index (χ3v) is 4.22. The van der Waals surface area contributed by atoms with Crippen LogP contribution in [0.1, 0.15) is 11.3 Å². The fourth-order valence-corrected chi connectivity index (χ4v) is 2.99. The van der Waals surface area contributed by atoms with Gasteiger partial charge in [0, 0.05) is 12.6 Å². The average molecular weight is 330 g/mol. The molecular formula is C9H7ClF3N3O3S. The van der Waals surface area contributed by atoms with Gasteiger partial charge >= 0.3 is 11.4 Å². The van der Waals surface area contributed by atoms with Crippen LogP contribution in [-0.4, -0.2) is 23.2 Å². The van der Waals surface area contributed by atoms with Crippen LogP contribution in [0.5, 0.6) is 0 Å². The molecule has 0 saturated carbocycles. The molecule has 0 bridgehead atoms. The molecule has 0 radical (unpaired) electrons. The summed E-state index contributed by atoms with van der Waals surface area (Å²) in [6.45, 7) is 0. The van der Waals surface area contributed by atoms with Gasteiger partial charge in [-0.2, -0.15) is 18.3 Å². The molecule has 0 aliphatic heterocycles. The van der Waals surface area contributed by atoms with E-state index in [2.05, 4.69) is 14.5 Å². The number of hydrogen-bond donors (Lipinski definition) is 0. The van der Waals surface area contributed by atoms with Crippen LogP contribution in [-0.2, 0) is 28.8 Å². The van der Waals surface area contributed by atoms with Gasteiger partial charge in [-0.15, -0.1) is 0 Å². The van der Waals surface area contributed by atoms with Crippen LogP contribution in [0.15, 0.2) is 22.1 Å². The summed E-state index contributed by atoms with van der Waals surface area (Å²) in [6.07, 6.45) is -2.74. The summed E-state index contributed by atoms with van der Waals surface area (Å²) in [5.41, 5.74) is -1.99. The van der Waals surface area contributed by atoms with E-state index < -0.39 is 43.4 Å². The number of nitrogens with zero attached hydrogens (tertiary/aromatic N) is 3. The predicted molar refractivity (Wildman–Crippen MR) is 60.6 cm³/mol. The van der Waals surface area contributed by atoms with Crippen molar-refractivity contribution in [3.05, 3.63) is 28.9 Å². The largest absolute Gasteiger partial charge is 0.437 e. The highest BCUT2D eigenvalue weighted by Gasteiger charge is 2.40. The Morgan fingerprint density at radius 1 is 1.45 bits per heavy atom. The standard InChI is InChI=1S/C9H7ClF3N3O3S/c1-16-7(10)5(6(15-16)9(11,12)13)4-20(17,18)8-14-2-3-19-8/h2-3H,4H2,1H3. The minimum absolute atomic E-state index is 0.410. The second kappa shape index (κ2) is 4.77. The molecule has 0 aliphatic rings. The van der Waals surface area contributed by atoms with Crippen molar-refractivity contribution in [3.8, 4) is 0 Å². The highest BCUT2D eigenvalue weighted by atomic mass is 35.5. The van der Waals surface area contributed by atoms with Crippen molar-refractivity contribution in [3.63, 3.8) is 0 Å². The molecule has 0 spiro atoms. The van der Waals surface area contributed by atoms with Crippen LogP contribution >= 0.6 is 11.6 Å². The molecule has 0 N–H and O–H groups in total. The lowest BCUT2D eigenvalue weighted by molar-refractivity contribution is -0.141. The van der Waals surface area contributed by atoms with Crippen molar-refractivity contribution in [1.29, 1.82) is 0 Å². The number of halogens is 4. The summed E-state index contributed by atoms with van der Waals surface area (Å²) in [4.78, 5) is 3.41. The average Bonchev–Trinajstić information content (AvgIpc) is 2.92. The van der Waals surface area contributed by atoms with E-state index in [1.807, 2.05) is 0 Å². The number of rotatable bonds is 3. The van der Waals surface area contributed by atoms with Crippen molar-refractivity contribution in [1.82, 2.24) is 14.8 Å². The lowest BCUT2D eigenvalue weighted by Crippen LogP contribution is -2.13. The van der Waals surface area contributed by atoms with Crippen LogP contribution in [0.2, 0.25) is 5.15 Å². The van der Waals surface area contributed by atoms with Gasteiger partial charge in [0.25, 0.3) is 0 Å². The quantitative estimate of drug-likeness (QED) is 0.861. The van der Waals surface area contributed by atoms with Gasteiger partial charge in [0.15, 0.2) is 5.69 Å². The third kappa shape index (κ3) is 2.66. The summed E-state index contributed by atoms with van der Waals surface area (Å²) in [7, 11) is -3.00. The SMILES string of the molecule is Cn1nc(C(F)(F)F)c(CS(=O)(=O)c2ncco2)c1Cl. The van der Waals surface area contributed by atoms with Gasteiger partial charge in [-0.25, -0.2) is 13.4 Å². The van der Waals surface area contributed by atoms with Gasteiger partial charge < -0.3 is 4.42 Å². The van der Waals surface area contributed by atoms with Gasteiger partial charge in [-0.1, -0.05) is 11.6 Å². The molecule has 2 heterocycles. The molecule has 0 aromatic carbocycles. The van der Waals surface area contributed by atoms with Gasteiger partial charge in [0.1, 0.15) is 11.4 Å². The van der Waals surface area contributed by atoms with Gasteiger partial charge in [-0.05, 0) is 0 Å². The molecule has 0 aliphatic carbocycles. The molecule has 20 heavy (non-hydrogen) atoms. The van der Waals surface area contributed by atoms with Crippen molar-refractivity contribution in [2.75, 3.05) is 0 Å². The molecule has 0 fully saturated rings. The molecule has 2 aromatic heterocycles. The summed E-state index contributed by atoms with van der Waals surface area (Å²) < 4.78 is 67.5. The first kappa shape index (κ1) is 14.9. The molecule has 0 saturated heterocycles. The Bertz CT molecular complexity index is 722. The van der Waals surface area contributed by atoms with E-state index in [-0.39, 0.29) is 0 Å². The lowest BCUT2D eigenvalue weighted by atomic mass is 10.3. The zero-order valence-electron chi connectivity index (χ0n) is 9.85. The van der Waals surface area contributed by atoms with Crippen LogP contribution in [0.3, 0.4) is 0 Å². The highest BCUT2D eigenvalue weighted by molar-refractivity contribution is 7.90. The molecule has 11 heteroatoms. The molecular weight excluding hydrogens is 323 g/mol. The Kier molecular flexibility index (Phi) is 3.54. The first-order chi connectivity index (χ1) is 9.13. The Labute approximate surface area is 116 Å². The smallest absolute Gasteiger partial charge is 0.435 e. The Morgan fingerprint density at radius 2 is 2.10 bits per heavy atom. The summed E-state index contributed by atoms with van der Waals surface area (Å²) in [6, 6.07) is 0. The fraction of sp³-hybridized carbons (Fsp3) is 0.333. The summed E-state index contributed by atoms with van der Waals surface area (Å²) in [5.74, 6) is -1.00. The maximum atomic E-state index is 12.8. The molecule has 6 nitrogen and oxygen atoms in total. The summed E-state index contributed by atoms with van der Waals surface area (Å²) in [5, 5.41) is 2.11. The Hall–Kier alpha value is -1.55. The molecule has 2 aromatic rings. The number of aromatic nitrogens is 3. The van der Waals surface area contributed by atoms with Gasteiger partial charge in [-0.3, -0.25) is 4.68 Å². The van der Waals surface area contributed by atoms with E-state index in [0.717, 1.165) is 17.1 Å². The molecule has 0 atom stereocenters. The number of aryl methyl sites for hydroxylation is 1. The van der Waals surface area contributed by atoms with E-state index in [1.165, 1.54) is 7.05 Å². The number of oxazole rings is 1. The normalized spacial score (nSPS) is 12.8. The first-order valence-electron chi connectivity index (χ1n) is 5.04. The van der Waals surface area contributed by atoms with Crippen molar-refractivity contribution < 1.29 is 26.0 Å². The van der Waals surface area contributed by atoms with E-state index >= 15 is 0 Å². The number of hydrogen-bond acceptors (Lipinski definition) is 5. The highest BCUT2D eigenvalue weighted by Crippen LogP contribution is 2.35. The third-order valence-electron chi connectivity index (χ3n) is 2.35. The Balaban J connectivity index is 2.50. The first-order valence-corrected chi connectivity index (χ1v) is 7.07. The maximum Gasteiger partial charge on any atom is 0.435 e. The molecule has 0 unspecified atom stereocenters. The molecule has 2 rings (SSSR count). The number of sulfone groups is 1. The van der Waals surface area contributed by atoms with E-state index in [0.29, 0.717) is 0 Å². The predicted octanol–water partition coefficient (Wildman–Crippen LogP) is 2.05. The lowest BCUT2D eigenvalue weighted by Gasteiger charge is -2.05. The van der Waals surface area contributed by atoms with E-state index in [9.17, 15) is 21.6 Å². The zero-order chi connectivity index (χ0) is 15.1.